The smallest absolute Gasteiger partial charge is 0.251 e. The quantitative estimate of drug-likeness (QED) is 0.168. The zero-order chi connectivity index (χ0) is 30.8. The molecule has 2 atom stereocenters. The van der Waals surface area contributed by atoms with Crippen LogP contribution in [0.5, 0.6) is 0 Å². The molecule has 7 rings (SSSR count). The van der Waals surface area contributed by atoms with Gasteiger partial charge < -0.3 is 14.8 Å². The van der Waals surface area contributed by atoms with Crippen LogP contribution >= 0.6 is 11.6 Å². The Morgan fingerprint density at radius 1 is 1.00 bits per heavy atom. The van der Waals surface area contributed by atoms with Crippen LogP contribution in [0, 0.1) is 5.21 Å². The number of carbonyl (C=O) groups excluding carboxylic acids is 1. The average Bonchev–Trinajstić information content (AvgIpc) is 3.59. The first-order chi connectivity index (χ1) is 22.0. The van der Waals surface area contributed by atoms with Gasteiger partial charge in [0.2, 0.25) is 5.69 Å². The molecule has 0 radical (unpaired) electrons. The van der Waals surface area contributed by atoms with Crippen LogP contribution in [-0.2, 0) is 16.0 Å². The summed E-state index contributed by atoms with van der Waals surface area (Å²) < 4.78 is 7.96. The van der Waals surface area contributed by atoms with Crippen molar-refractivity contribution in [1.82, 2.24) is 25.1 Å². The molecule has 0 bridgehead atoms. The fraction of sp³-hybridized carbons (Fsp3) is 0.286. The SMILES string of the molecule is O=C(C1CCO1)N1CCC(c2cccc([C@H](Cc3ccccc3)c3ccc(-c4cc(Cl)ccc4-n4cnnn4)c[n+]3[O-])c2)CC1. The largest absolute Gasteiger partial charge is 0.618 e. The highest BCUT2D eigenvalue weighted by Crippen LogP contribution is 2.35. The van der Waals surface area contributed by atoms with Gasteiger partial charge in [0.15, 0.2) is 6.20 Å². The Kier molecular flexibility index (Phi) is 8.28. The number of piperidine rings is 1. The zero-order valence-electron chi connectivity index (χ0n) is 24.7. The number of aromatic nitrogens is 5. The second-order valence-corrected chi connectivity index (χ2v) is 12.2. The standard InChI is InChI=1S/C35H33ClN6O3/c36-29-10-12-32(41-23-37-38-39-41)31(21-29)28-9-11-33(42(44)22-28)30(19-24-5-2-1-3-6-24)27-8-4-7-26(20-27)25-13-16-40(17-14-25)35(43)34-15-18-45-34/h1-12,20-23,25,30,34H,13-19H2/t30-,34?/m0/s1. The van der Waals surface area contributed by atoms with Gasteiger partial charge in [-0.2, -0.15) is 9.41 Å². The zero-order valence-corrected chi connectivity index (χ0v) is 25.5. The summed E-state index contributed by atoms with van der Waals surface area (Å²) in [5.41, 5.74) is 6.33. The summed E-state index contributed by atoms with van der Waals surface area (Å²) in [6.07, 6.45) is 6.18. The number of rotatable bonds is 8. The Hall–Kier alpha value is -4.60. The molecular formula is C35H33ClN6O3. The first kappa shape index (κ1) is 29.1. The summed E-state index contributed by atoms with van der Waals surface area (Å²) in [6.45, 7) is 2.15. The second kappa shape index (κ2) is 12.8. The number of ether oxygens (including phenoxy) is 1. The van der Waals surface area contributed by atoms with Crippen molar-refractivity contribution in [1.29, 1.82) is 0 Å². The lowest BCUT2D eigenvalue weighted by atomic mass is 9.83. The molecule has 2 fully saturated rings. The van der Waals surface area contributed by atoms with E-state index in [4.69, 9.17) is 16.3 Å². The predicted octanol–water partition coefficient (Wildman–Crippen LogP) is 5.49. The molecule has 5 aromatic rings. The third-order valence-corrected chi connectivity index (χ3v) is 9.25. The highest BCUT2D eigenvalue weighted by molar-refractivity contribution is 6.31. The van der Waals surface area contributed by atoms with E-state index in [1.807, 2.05) is 47.4 Å². The number of likely N-dealkylation sites (tertiary alicyclic amines) is 1. The van der Waals surface area contributed by atoms with Gasteiger partial charge in [-0.25, -0.2) is 0 Å². The topological polar surface area (TPSA) is 100 Å². The van der Waals surface area contributed by atoms with Crippen molar-refractivity contribution >= 4 is 17.5 Å². The lowest BCUT2D eigenvalue weighted by Crippen LogP contribution is -2.48. The normalized spacial score (nSPS) is 17.5. The van der Waals surface area contributed by atoms with E-state index >= 15 is 0 Å². The van der Waals surface area contributed by atoms with Gasteiger partial charge >= 0.3 is 0 Å². The van der Waals surface area contributed by atoms with Gasteiger partial charge in [-0.05, 0) is 76.6 Å². The van der Waals surface area contributed by atoms with Crippen molar-refractivity contribution in [2.24, 2.45) is 0 Å². The van der Waals surface area contributed by atoms with E-state index in [0.29, 0.717) is 35.2 Å². The van der Waals surface area contributed by atoms with Gasteiger partial charge in [-0.1, -0.05) is 66.2 Å². The molecule has 2 aromatic heterocycles. The molecule has 2 saturated heterocycles. The Morgan fingerprint density at radius 3 is 2.53 bits per heavy atom. The third-order valence-electron chi connectivity index (χ3n) is 9.02. The molecule has 45 heavy (non-hydrogen) atoms. The van der Waals surface area contributed by atoms with Gasteiger partial charge in [-0.3, -0.25) is 4.79 Å². The summed E-state index contributed by atoms with van der Waals surface area (Å²) in [7, 11) is 0. The number of hydrogen-bond donors (Lipinski definition) is 0. The first-order valence-electron chi connectivity index (χ1n) is 15.3. The fourth-order valence-electron chi connectivity index (χ4n) is 6.47. The molecule has 0 aliphatic carbocycles. The number of pyridine rings is 1. The highest BCUT2D eigenvalue weighted by atomic mass is 35.5. The molecule has 0 spiro atoms. The van der Waals surface area contributed by atoms with E-state index in [1.54, 1.807) is 16.9 Å². The van der Waals surface area contributed by atoms with E-state index in [0.717, 1.165) is 59.5 Å². The molecule has 2 aliphatic rings. The number of nitrogens with zero attached hydrogens (tertiary/aromatic N) is 6. The van der Waals surface area contributed by atoms with Crippen molar-refractivity contribution in [2.45, 2.75) is 43.6 Å². The summed E-state index contributed by atoms with van der Waals surface area (Å²) in [6, 6.07) is 28.2. The van der Waals surface area contributed by atoms with Crippen molar-refractivity contribution in [2.75, 3.05) is 19.7 Å². The highest BCUT2D eigenvalue weighted by Gasteiger charge is 2.33. The van der Waals surface area contributed by atoms with Crippen LogP contribution in [0.25, 0.3) is 16.8 Å². The van der Waals surface area contributed by atoms with Gasteiger partial charge in [0, 0.05) is 41.7 Å². The number of hydrogen-bond acceptors (Lipinski definition) is 6. The van der Waals surface area contributed by atoms with E-state index in [1.165, 1.54) is 11.9 Å². The molecule has 0 saturated carbocycles. The van der Waals surface area contributed by atoms with E-state index in [-0.39, 0.29) is 17.9 Å². The van der Waals surface area contributed by atoms with Crippen molar-refractivity contribution in [3.63, 3.8) is 0 Å². The number of amides is 1. The van der Waals surface area contributed by atoms with E-state index in [2.05, 4.69) is 51.9 Å². The lowest BCUT2D eigenvalue weighted by molar-refractivity contribution is -0.614. The average molecular weight is 621 g/mol. The monoisotopic (exact) mass is 620 g/mol. The molecule has 9 nitrogen and oxygen atoms in total. The van der Waals surface area contributed by atoms with E-state index in [9.17, 15) is 10.0 Å². The van der Waals surface area contributed by atoms with Crippen molar-refractivity contribution in [3.8, 4) is 16.8 Å². The van der Waals surface area contributed by atoms with Crippen LogP contribution < -0.4 is 4.73 Å². The van der Waals surface area contributed by atoms with Crippen LogP contribution in [0.1, 0.15) is 53.5 Å². The maximum absolute atomic E-state index is 13.9. The summed E-state index contributed by atoms with van der Waals surface area (Å²) in [5, 5.41) is 26.0. The fourth-order valence-corrected chi connectivity index (χ4v) is 6.64. The maximum Gasteiger partial charge on any atom is 0.251 e. The molecule has 0 N–H and O–H groups in total. The second-order valence-electron chi connectivity index (χ2n) is 11.7. The van der Waals surface area contributed by atoms with Gasteiger partial charge in [-0.15, -0.1) is 5.10 Å². The van der Waals surface area contributed by atoms with Crippen molar-refractivity contribution < 1.29 is 14.3 Å². The Morgan fingerprint density at radius 2 is 1.82 bits per heavy atom. The summed E-state index contributed by atoms with van der Waals surface area (Å²) in [4.78, 5) is 14.6. The van der Waals surface area contributed by atoms with Crippen LogP contribution in [0.3, 0.4) is 0 Å². The molecule has 1 amide bonds. The minimum absolute atomic E-state index is 0.127. The van der Waals surface area contributed by atoms with Crippen LogP contribution in [0.4, 0.5) is 0 Å². The molecule has 228 valence electrons. The number of carbonyl (C=O) groups is 1. The first-order valence-corrected chi connectivity index (χ1v) is 15.7. The molecule has 4 heterocycles. The van der Waals surface area contributed by atoms with Gasteiger partial charge in [0.05, 0.1) is 18.2 Å². The molecular weight excluding hydrogens is 588 g/mol. The Labute approximate surface area is 266 Å². The molecule has 1 unspecified atom stereocenters. The Bertz CT molecular complexity index is 1790. The number of tetrazole rings is 1. The number of halogens is 1. The van der Waals surface area contributed by atoms with Crippen LogP contribution in [0.15, 0.2) is 97.5 Å². The summed E-state index contributed by atoms with van der Waals surface area (Å²) >= 11 is 6.37. The van der Waals surface area contributed by atoms with Gasteiger partial charge in [0.1, 0.15) is 12.4 Å². The number of benzene rings is 3. The summed E-state index contributed by atoms with van der Waals surface area (Å²) in [5.74, 6) is 0.306. The lowest BCUT2D eigenvalue weighted by Gasteiger charge is -2.36. The third kappa shape index (κ3) is 6.18. The van der Waals surface area contributed by atoms with Crippen molar-refractivity contribution in [3.05, 3.63) is 130 Å². The molecule has 10 heteroatoms. The van der Waals surface area contributed by atoms with Crippen LogP contribution in [-0.4, -0.2) is 56.8 Å². The minimum atomic E-state index is -0.251. The molecule has 2 aliphatic heterocycles. The minimum Gasteiger partial charge on any atom is -0.618 e. The maximum atomic E-state index is 13.9. The van der Waals surface area contributed by atoms with Crippen LogP contribution in [0.2, 0.25) is 5.02 Å². The van der Waals surface area contributed by atoms with E-state index < -0.39 is 0 Å². The molecule has 3 aromatic carbocycles. The Balaban J connectivity index is 1.19. The predicted molar refractivity (Wildman–Crippen MR) is 170 cm³/mol. The van der Waals surface area contributed by atoms with Gasteiger partial charge in [0.25, 0.3) is 5.91 Å².